The van der Waals surface area contributed by atoms with E-state index in [1.165, 1.54) is 0 Å². The molecule has 0 saturated carbocycles. The summed E-state index contributed by atoms with van der Waals surface area (Å²) in [5.41, 5.74) is 1.91. The first-order valence-corrected chi connectivity index (χ1v) is 9.83. The van der Waals surface area contributed by atoms with Crippen LogP contribution in [-0.2, 0) is 6.54 Å². The Balaban J connectivity index is 0.00000208. The molecule has 0 N–H and O–H groups in total. The van der Waals surface area contributed by atoms with Crippen molar-refractivity contribution in [3.8, 4) is 0 Å². The Kier molecular flexibility index (Phi) is 7.10. The summed E-state index contributed by atoms with van der Waals surface area (Å²) in [6, 6.07) is 7.86. The third-order valence-corrected chi connectivity index (χ3v) is 5.77. The normalized spacial score (nSPS) is 15.2. The van der Waals surface area contributed by atoms with Crippen LogP contribution in [0.15, 0.2) is 34.5 Å². The average Bonchev–Trinajstić information content (AvgIpc) is 3.00. The van der Waals surface area contributed by atoms with Crippen molar-refractivity contribution in [1.29, 1.82) is 0 Å². The molecular weight excluding hydrogens is 362 g/mol. The number of amides is 1. The molecule has 24 heavy (non-hydrogen) atoms. The molecule has 4 nitrogen and oxygen atoms in total. The molecule has 1 aliphatic heterocycles. The molecule has 1 aromatic carbocycles. The van der Waals surface area contributed by atoms with Gasteiger partial charge in [0.25, 0.3) is 5.91 Å². The number of nitrogens with zero attached hydrogens (tertiary/aromatic N) is 3. The van der Waals surface area contributed by atoms with E-state index in [1.807, 2.05) is 42.3 Å². The number of hydrogen-bond acceptors (Lipinski definition) is 5. The molecule has 0 spiro atoms. The monoisotopic (exact) mass is 383 g/mol. The number of halogens is 1. The Labute approximate surface area is 157 Å². The third kappa shape index (κ3) is 4.51. The standard InChI is InChI=1S/C17H21N3OS2.ClH/c1-13-12-23-16(18-13)11-19-7-9-20(10-8-19)17(21)14-5-3-4-6-15(14)22-2;/h3-6,12H,7-11H2,1-2H3;1H. The van der Waals surface area contributed by atoms with Gasteiger partial charge in [-0.1, -0.05) is 12.1 Å². The van der Waals surface area contributed by atoms with Crippen LogP contribution in [0.4, 0.5) is 0 Å². The van der Waals surface area contributed by atoms with Gasteiger partial charge in [-0.05, 0) is 25.3 Å². The number of hydrogen-bond donors (Lipinski definition) is 0. The number of thioether (sulfide) groups is 1. The first-order chi connectivity index (χ1) is 11.2. The Morgan fingerprint density at radius 2 is 1.96 bits per heavy atom. The van der Waals surface area contributed by atoms with Gasteiger partial charge < -0.3 is 4.90 Å². The first kappa shape index (κ1) is 19.2. The summed E-state index contributed by atoms with van der Waals surface area (Å²) < 4.78 is 0. The molecule has 3 rings (SSSR count). The van der Waals surface area contributed by atoms with Gasteiger partial charge in [-0.15, -0.1) is 35.5 Å². The number of piperazine rings is 1. The summed E-state index contributed by atoms with van der Waals surface area (Å²) in [5.74, 6) is 0.152. The lowest BCUT2D eigenvalue weighted by Gasteiger charge is -2.34. The molecule has 0 unspecified atom stereocenters. The minimum Gasteiger partial charge on any atom is -0.336 e. The molecule has 0 bridgehead atoms. The van der Waals surface area contributed by atoms with E-state index in [2.05, 4.69) is 15.3 Å². The van der Waals surface area contributed by atoms with Gasteiger partial charge in [-0.3, -0.25) is 9.69 Å². The Morgan fingerprint density at radius 1 is 1.25 bits per heavy atom. The third-order valence-electron chi connectivity index (χ3n) is 4.02. The van der Waals surface area contributed by atoms with E-state index in [9.17, 15) is 4.79 Å². The van der Waals surface area contributed by atoms with Crippen LogP contribution < -0.4 is 0 Å². The van der Waals surface area contributed by atoms with Gasteiger partial charge in [0.1, 0.15) is 5.01 Å². The predicted octanol–water partition coefficient (Wildman–Crippen LogP) is 3.55. The molecule has 130 valence electrons. The first-order valence-electron chi connectivity index (χ1n) is 7.73. The van der Waals surface area contributed by atoms with Gasteiger partial charge >= 0.3 is 0 Å². The van der Waals surface area contributed by atoms with E-state index >= 15 is 0 Å². The van der Waals surface area contributed by atoms with Gasteiger partial charge in [-0.25, -0.2) is 4.98 Å². The van der Waals surface area contributed by atoms with Crippen LogP contribution in [0.2, 0.25) is 0 Å². The fraction of sp³-hybridized carbons (Fsp3) is 0.412. The van der Waals surface area contributed by atoms with E-state index in [0.29, 0.717) is 0 Å². The molecule has 1 aliphatic rings. The Hall–Kier alpha value is -1.08. The summed E-state index contributed by atoms with van der Waals surface area (Å²) in [4.78, 5) is 22.7. The Morgan fingerprint density at radius 3 is 2.58 bits per heavy atom. The second-order valence-electron chi connectivity index (χ2n) is 5.65. The SMILES string of the molecule is CSc1ccccc1C(=O)N1CCN(Cc2nc(C)cs2)CC1.Cl. The van der Waals surface area contributed by atoms with Gasteiger partial charge in [0.05, 0.1) is 12.1 Å². The van der Waals surface area contributed by atoms with Gasteiger partial charge in [0, 0.05) is 42.1 Å². The fourth-order valence-electron chi connectivity index (χ4n) is 2.77. The van der Waals surface area contributed by atoms with Crippen molar-refractivity contribution in [2.75, 3.05) is 32.4 Å². The number of aryl methyl sites for hydroxylation is 1. The maximum Gasteiger partial charge on any atom is 0.255 e. The van der Waals surface area contributed by atoms with Crippen molar-refractivity contribution in [3.63, 3.8) is 0 Å². The molecular formula is C17H22ClN3OS2. The minimum atomic E-state index is 0. The van der Waals surface area contributed by atoms with Crippen molar-refractivity contribution in [1.82, 2.24) is 14.8 Å². The molecule has 1 fully saturated rings. The van der Waals surface area contributed by atoms with Crippen LogP contribution in [-0.4, -0.2) is 53.1 Å². The van der Waals surface area contributed by atoms with E-state index in [0.717, 1.165) is 53.9 Å². The van der Waals surface area contributed by atoms with Crippen molar-refractivity contribution >= 4 is 41.4 Å². The second kappa shape index (κ2) is 8.85. The van der Waals surface area contributed by atoms with Gasteiger partial charge in [-0.2, -0.15) is 0 Å². The molecule has 1 amide bonds. The van der Waals surface area contributed by atoms with Gasteiger partial charge in [0.15, 0.2) is 0 Å². The van der Waals surface area contributed by atoms with Crippen LogP contribution in [0.3, 0.4) is 0 Å². The zero-order valence-corrected chi connectivity index (χ0v) is 16.3. The number of thiazole rings is 1. The van der Waals surface area contributed by atoms with Crippen LogP contribution >= 0.6 is 35.5 Å². The molecule has 2 heterocycles. The van der Waals surface area contributed by atoms with Crippen molar-refractivity contribution in [3.05, 3.63) is 45.9 Å². The Bertz CT molecular complexity index is 684. The lowest BCUT2D eigenvalue weighted by atomic mass is 10.2. The quantitative estimate of drug-likeness (QED) is 0.756. The smallest absolute Gasteiger partial charge is 0.255 e. The molecule has 1 saturated heterocycles. The molecule has 2 aromatic rings. The number of aromatic nitrogens is 1. The van der Waals surface area contributed by atoms with Crippen LogP contribution in [0.5, 0.6) is 0 Å². The van der Waals surface area contributed by atoms with Crippen LogP contribution in [0.1, 0.15) is 21.1 Å². The molecule has 7 heteroatoms. The minimum absolute atomic E-state index is 0. The highest BCUT2D eigenvalue weighted by Crippen LogP contribution is 2.22. The molecule has 0 radical (unpaired) electrons. The molecule has 1 aromatic heterocycles. The average molecular weight is 384 g/mol. The zero-order valence-electron chi connectivity index (χ0n) is 13.9. The molecule has 0 aliphatic carbocycles. The largest absolute Gasteiger partial charge is 0.336 e. The number of rotatable bonds is 4. The van der Waals surface area contributed by atoms with Crippen molar-refractivity contribution < 1.29 is 4.79 Å². The lowest BCUT2D eigenvalue weighted by molar-refractivity contribution is 0.0625. The maximum atomic E-state index is 12.7. The van der Waals surface area contributed by atoms with Crippen LogP contribution in [0.25, 0.3) is 0 Å². The number of benzene rings is 1. The fourth-order valence-corrected chi connectivity index (χ4v) is 4.17. The second-order valence-corrected chi connectivity index (χ2v) is 7.44. The summed E-state index contributed by atoms with van der Waals surface area (Å²) in [6.07, 6.45) is 2.01. The van der Waals surface area contributed by atoms with E-state index in [1.54, 1.807) is 23.1 Å². The number of carbonyl (C=O) groups excluding carboxylic acids is 1. The highest BCUT2D eigenvalue weighted by Gasteiger charge is 2.23. The number of carbonyl (C=O) groups is 1. The topological polar surface area (TPSA) is 36.4 Å². The van der Waals surface area contributed by atoms with Gasteiger partial charge in [0.2, 0.25) is 0 Å². The van der Waals surface area contributed by atoms with Crippen LogP contribution in [0, 0.1) is 6.92 Å². The summed E-state index contributed by atoms with van der Waals surface area (Å²) in [6.45, 7) is 6.30. The summed E-state index contributed by atoms with van der Waals surface area (Å²) in [5, 5.41) is 3.25. The summed E-state index contributed by atoms with van der Waals surface area (Å²) in [7, 11) is 0. The lowest BCUT2D eigenvalue weighted by Crippen LogP contribution is -2.48. The maximum absolute atomic E-state index is 12.7. The van der Waals surface area contributed by atoms with Crippen molar-refractivity contribution in [2.45, 2.75) is 18.4 Å². The van der Waals surface area contributed by atoms with E-state index in [4.69, 9.17) is 0 Å². The van der Waals surface area contributed by atoms with E-state index in [-0.39, 0.29) is 18.3 Å². The predicted molar refractivity (Wildman–Crippen MR) is 104 cm³/mol. The highest BCUT2D eigenvalue weighted by atomic mass is 35.5. The summed E-state index contributed by atoms with van der Waals surface area (Å²) >= 11 is 3.34. The highest BCUT2D eigenvalue weighted by molar-refractivity contribution is 7.98. The zero-order chi connectivity index (χ0) is 16.2. The van der Waals surface area contributed by atoms with Crippen molar-refractivity contribution in [2.24, 2.45) is 0 Å². The van der Waals surface area contributed by atoms with E-state index < -0.39 is 0 Å². The molecule has 0 atom stereocenters.